The molecule has 0 fully saturated rings. The maximum Gasteiger partial charge on any atom is 0.351 e. The Hall–Kier alpha value is -1.52. The first-order chi connectivity index (χ1) is 6.36. The zero-order valence-corrected chi connectivity index (χ0v) is 7.13. The number of fused-ring (bicyclic) bond motifs is 3. The Bertz CT molecular complexity index is 423. The summed E-state index contributed by atoms with van der Waals surface area (Å²) < 4.78 is 1.71. The van der Waals surface area contributed by atoms with Crippen molar-refractivity contribution in [2.24, 2.45) is 0 Å². The molecule has 0 atom stereocenters. The molecule has 3 rings (SSSR count). The van der Waals surface area contributed by atoms with E-state index in [9.17, 15) is 4.79 Å². The van der Waals surface area contributed by atoms with Crippen molar-refractivity contribution in [2.75, 3.05) is 23.7 Å². The lowest BCUT2D eigenvalue weighted by Crippen LogP contribution is -2.22. The zero-order valence-electron chi connectivity index (χ0n) is 7.13. The molecule has 3 heterocycles. The van der Waals surface area contributed by atoms with E-state index >= 15 is 0 Å². The second-order valence-corrected chi connectivity index (χ2v) is 3.33. The molecule has 13 heavy (non-hydrogen) atoms. The van der Waals surface area contributed by atoms with Gasteiger partial charge in [-0.1, -0.05) is 0 Å². The Morgan fingerprint density at radius 1 is 1.31 bits per heavy atom. The van der Waals surface area contributed by atoms with Crippen LogP contribution in [-0.4, -0.2) is 22.6 Å². The van der Waals surface area contributed by atoms with Crippen molar-refractivity contribution in [3.05, 3.63) is 16.0 Å². The van der Waals surface area contributed by atoms with Gasteiger partial charge in [0.1, 0.15) is 11.6 Å². The molecule has 1 aromatic heterocycles. The molecule has 5 heteroatoms. The van der Waals surface area contributed by atoms with E-state index in [4.69, 9.17) is 0 Å². The smallest absolute Gasteiger partial charge is 0.351 e. The molecule has 0 saturated heterocycles. The SMILES string of the molecule is O=c1nc2c(c3n1CCN3)CCN2. The Balaban J connectivity index is 2.34. The summed E-state index contributed by atoms with van der Waals surface area (Å²) in [5.41, 5.74) is 1.02. The van der Waals surface area contributed by atoms with Gasteiger partial charge in [-0.05, 0) is 6.42 Å². The van der Waals surface area contributed by atoms with Crippen LogP contribution in [0.3, 0.4) is 0 Å². The molecule has 0 amide bonds. The quantitative estimate of drug-likeness (QED) is 0.569. The number of nitrogens with one attached hydrogen (secondary N) is 2. The third-order valence-electron chi connectivity index (χ3n) is 2.58. The maximum atomic E-state index is 11.4. The fourth-order valence-corrected chi connectivity index (χ4v) is 1.98. The van der Waals surface area contributed by atoms with Gasteiger partial charge in [-0.25, -0.2) is 4.79 Å². The first-order valence-corrected chi connectivity index (χ1v) is 4.48. The molecule has 5 nitrogen and oxygen atoms in total. The van der Waals surface area contributed by atoms with Crippen LogP contribution in [0.25, 0.3) is 0 Å². The standard InChI is InChI=1S/C8H10N4O/c13-8-11-6-5(1-2-9-6)7-10-3-4-12(7)8/h10H,1-4H2,(H,9,11,13). The normalized spacial score (nSPS) is 17.5. The Kier molecular flexibility index (Phi) is 1.20. The van der Waals surface area contributed by atoms with E-state index in [-0.39, 0.29) is 5.69 Å². The summed E-state index contributed by atoms with van der Waals surface area (Å²) in [7, 11) is 0. The minimum atomic E-state index is -0.145. The average molecular weight is 178 g/mol. The van der Waals surface area contributed by atoms with Crippen molar-refractivity contribution in [1.82, 2.24) is 9.55 Å². The van der Waals surface area contributed by atoms with Gasteiger partial charge >= 0.3 is 5.69 Å². The van der Waals surface area contributed by atoms with Crippen LogP contribution >= 0.6 is 0 Å². The van der Waals surface area contributed by atoms with Gasteiger partial charge in [-0.2, -0.15) is 4.98 Å². The summed E-state index contributed by atoms with van der Waals surface area (Å²) in [5.74, 6) is 1.74. The Morgan fingerprint density at radius 2 is 2.23 bits per heavy atom. The molecular formula is C8H10N4O. The van der Waals surface area contributed by atoms with Gasteiger partial charge in [0.15, 0.2) is 0 Å². The molecular weight excluding hydrogens is 168 g/mol. The molecule has 0 spiro atoms. The number of aromatic nitrogens is 2. The van der Waals surface area contributed by atoms with Crippen molar-refractivity contribution in [1.29, 1.82) is 0 Å². The summed E-state index contributed by atoms with van der Waals surface area (Å²) in [6.45, 7) is 2.47. The summed E-state index contributed by atoms with van der Waals surface area (Å²) >= 11 is 0. The van der Waals surface area contributed by atoms with Crippen LogP contribution in [0.5, 0.6) is 0 Å². The lowest BCUT2D eigenvalue weighted by atomic mass is 10.2. The summed E-state index contributed by atoms with van der Waals surface area (Å²) in [4.78, 5) is 15.4. The summed E-state index contributed by atoms with van der Waals surface area (Å²) in [6, 6.07) is 0. The fourth-order valence-electron chi connectivity index (χ4n) is 1.98. The molecule has 0 aromatic carbocycles. The highest BCUT2D eigenvalue weighted by atomic mass is 16.1. The van der Waals surface area contributed by atoms with E-state index in [1.807, 2.05) is 0 Å². The second kappa shape index (κ2) is 2.25. The predicted octanol–water partition coefficient (Wildman–Crippen LogP) is -0.363. The molecule has 0 saturated carbocycles. The third kappa shape index (κ3) is 0.811. The average Bonchev–Trinajstić information content (AvgIpc) is 2.66. The molecule has 2 aliphatic rings. The van der Waals surface area contributed by atoms with Crippen molar-refractivity contribution in [2.45, 2.75) is 13.0 Å². The minimum absolute atomic E-state index is 0.145. The molecule has 68 valence electrons. The van der Waals surface area contributed by atoms with Gasteiger partial charge in [-0.15, -0.1) is 0 Å². The Morgan fingerprint density at radius 3 is 3.15 bits per heavy atom. The largest absolute Gasteiger partial charge is 0.369 e. The van der Waals surface area contributed by atoms with E-state index < -0.39 is 0 Å². The van der Waals surface area contributed by atoms with E-state index in [0.717, 1.165) is 43.3 Å². The number of hydrogen-bond acceptors (Lipinski definition) is 4. The molecule has 2 N–H and O–H groups in total. The number of rotatable bonds is 0. The highest BCUT2D eigenvalue weighted by molar-refractivity contribution is 5.62. The van der Waals surface area contributed by atoms with Crippen LogP contribution in [0.1, 0.15) is 5.56 Å². The van der Waals surface area contributed by atoms with Gasteiger partial charge in [-0.3, -0.25) is 4.57 Å². The maximum absolute atomic E-state index is 11.4. The van der Waals surface area contributed by atoms with Crippen LogP contribution in [0.4, 0.5) is 11.6 Å². The van der Waals surface area contributed by atoms with Crippen molar-refractivity contribution < 1.29 is 0 Å². The van der Waals surface area contributed by atoms with E-state index in [1.165, 1.54) is 0 Å². The van der Waals surface area contributed by atoms with Gasteiger partial charge in [0.05, 0.1) is 0 Å². The van der Waals surface area contributed by atoms with Crippen LogP contribution in [0.15, 0.2) is 4.79 Å². The van der Waals surface area contributed by atoms with Gasteiger partial charge < -0.3 is 10.6 Å². The summed E-state index contributed by atoms with van der Waals surface area (Å²) in [5, 5.41) is 6.33. The first kappa shape index (κ1) is 6.94. The number of nitrogens with zero attached hydrogens (tertiary/aromatic N) is 2. The van der Waals surface area contributed by atoms with Crippen molar-refractivity contribution in [3.8, 4) is 0 Å². The molecule has 0 radical (unpaired) electrons. The van der Waals surface area contributed by atoms with Crippen LogP contribution in [0.2, 0.25) is 0 Å². The molecule has 2 aliphatic heterocycles. The Labute approximate surface area is 74.8 Å². The zero-order chi connectivity index (χ0) is 8.84. The van der Waals surface area contributed by atoms with Gasteiger partial charge in [0.25, 0.3) is 0 Å². The highest BCUT2D eigenvalue weighted by Gasteiger charge is 2.23. The monoisotopic (exact) mass is 178 g/mol. The van der Waals surface area contributed by atoms with E-state index in [2.05, 4.69) is 15.6 Å². The molecule has 0 aliphatic carbocycles. The van der Waals surface area contributed by atoms with Crippen molar-refractivity contribution in [3.63, 3.8) is 0 Å². The van der Waals surface area contributed by atoms with E-state index in [0.29, 0.717) is 0 Å². The van der Waals surface area contributed by atoms with Crippen LogP contribution < -0.4 is 16.3 Å². The van der Waals surface area contributed by atoms with E-state index in [1.54, 1.807) is 4.57 Å². The fraction of sp³-hybridized carbons (Fsp3) is 0.500. The number of anilines is 2. The molecule has 0 bridgehead atoms. The third-order valence-corrected chi connectivity index (χ3v) is 2.58. The van der Waals surface area contributed by atoms with Crippen LogP contribution in [0, 0.1) is 0 Å². The predicted molar refractivity (Wildman–Crippen MR) is 49.2 cm³/mol. The molecule has 1 aromatic rings. The summed E-state index contributed by atoms with van der Waals surface area (Å²) in [6.07, 6.45) is 0.963. The van der Waals surface area contributed by atoms with Crippen molar-refractivity contribution >= 4 is 11.6 Å². The lowest BCUT2D eigenvalue weighted by Gasteiger charge is -2.05. The lowest BCUT2D eigenvalue weighted by molar-refractivity contribution is 0.742. The minimum Gasteiger partial charge on any atom is -0.369 e. The topological polar surface area (TPSA) is 59.0 Å². The van der Waals surface area contributed by atoms with Crippen LogP contribution in [-0.2, 0) is 13.0 Å². The van der Waals surface area contributed by atoms with Gasteiger partial charge in [0.2, 0.25) is 0 Å². The first-order valence-electron chi connectivity index (χ1n) is 4.48. The molecule has 0 unspecified atom stereocenters. The van der Waals surface area contributed by atoms with Gasteiger partial charge in [0, 0.05) is 25.2 Å². The second-order valence-electron chi connectivity index (χ2n) is 3.33. The number of hydrogen-bond donors (Lipinski definition) is 2. The highest BCUT2D eigenvalue weighted by Crippen LogP contribution is 2.27.